The lowest BCUT2D eigenvalue weighted by atomic mass is 9.99. The molecule has 2 aromatic carbocycles. The summed E-state index contributed by atoms with van der Waals surface area (Å²) in [7, 11) is 0. The van der Waals surface area contributed by atoms with E-state index in [1.807, 2.05) is 30.0 Å². The minimum absolute atomic E-state index is 0.0154. The third kappa shape index (κ3) is 3.07. The molecule has 1 amide bonds. The maximum absolute atomic E-state index is 13.0. The molecule has 1 fully saturated rings. The lowest BCUT2D eigenvalue weighted by Gasteiger charge is -2.26. The quantitative estimate of drug-likeness (QED) is 0.776. The first kappa shape index (κ1) is 17.3. The van der Waals surface area contributed by atoms with Crippen LogP contribution in [0, 0.1) is 6.92 Å². The normalized spacial score (nSPS) is 16.8. The van der Waals surface area contributed by atoms with E-state index >= 15 is 0 Å². The van der Waals surface area contributed by atoms with Crippen LogP contribution in [0.25, 0.3) is 10.8 Å². The number of aromatic amines is 1. The van der Waals surface area contributed by atoms with Crippen molar-refractivity contribution >= 4 is 16.7 Å². The fourth-order valence-electron chi connectivity index (χ4n) is 3.93. The number of likely N-dealkylation sites (tertiary alicyclic amines) is 1. The molecule has 6 nitrogen and oxygen atoms in total. The van der Waals surface area contributed by atoms with Crippen LogP contribution in [-0.2, 0) is 11.3 Å². The van der Waals surface area contributed by atoms with Gasteiger partial charge in [-0.25, -0.2) is 4.68 Å². The first-order valence-corrected chi connectivity index (χ1v) is 9.13. The summed E-state index contributed by atoms with van der Waals surface area (Å²) in [4.78, 5) is 39.7. The molecule has 0 saturated carbocycles. The third-order valence-electron chi connectivity index (χ3n) is 5.30. The number of H-pyrrole nitrogens is 1. The van der Waals surface area contributed by atoms with Gasteiger partial charge in [-0.2, -0.15) is 0 Å². The average molecular weight is 363 g/mol. The Morgan fingerprint density at radius 1 is 1.07 bits per heavy atom. The Balaban J connectivity index is 1.65. The number of nitrogens with zero attached hydrogens (tertiary/aromatic N) is 2. The van der Waals surface area contributed by atoms with Gasteiger partial charge in [0.25, 0.3) is 11.1 Å². The predicted octanol–water partition coefficient (Wildman–Crippen LogP) is 2.36. The van der Waals surface area contributed by atoms with Crippen molar-refractivity contribution in [2.45, 2.75) is 32.4 Å². The van der Waals surface area contributed by atoms with Crippen LogP contribution in [0.3, 0.4) is 0 Å². The number of aryl methyl sites for hydroxylation is 1. The van der Waals surface area contributed by atoms with Gasteiger partial charge in [0.1, 0.15) is 6.54 Å². The molecule has 1 aliphatic heterocycles. The molecular formula is C21H21N3O3. The zero-order chi connectivity index (χ0) is 19.0. The highest BCUT2D eigenvalue weighted by Crippen LogP contribution is 2.33. The van der Waals surface area contributed by atoms with Crippen LogP contribution in [0.15, 0.2) is 58.1 Å². The van der Waals surface area contributed by atoms with E-state index < -0.39 is 0 Å². The van der Waals surface area contributed by atoms with E-state index in [0.717, 1.165) is 28.7 Å². The first-order chi connectivity index (χ1) is 13.1. The topological polar surface area (TPSA) is 75.2 Å². The second-order valence-corrected chi connectivity index (χ2v) is 6.98. The molecule has 4 rings (SSSR count). The van der Waals surface area contributed by atoms with Crippen LogP contribution in [-0.4, -0.2) is 27.1 Å². The number of aromatic nitrogens is 2. The number of amides is 1. The molecule has 138 valence electrons. The summed E-state index contributed by atoms with van der Waals surface area (Å²) in [5.41, 5.74) is 1.57. The minimum Gasteiger partial charge on any atom is -0.334 e. The fourth-order valence-corrected chi connectivity index (χ4v) is 3.93. The Hall–Kier alpha value is -3.15. The monoisotopic (exact) mass is 363 g/mol. The van der Waals surface area contributed by atoms with Crippen molar-refractivity contribution in [3.63, 3.8) is 0 Å². The lowest BCUT2D eigenvalue weighted by Crippen LogP contribution is -2.39. The van der Waals surface area contributed by atoms with Crippen molar-refractivity contribution in [2.75, 3.05) is 6.54 Å². The van der Waals surface area contributed by atoms with Crippen molar-refractivity contribution < 1.29 is 4.79 Å². The number of nitrogens with one attached hydrogen (secondary N) is 1. The summed E-state index contributed by atoms with van der Waals surface area (Å²) < 4.78 is 1.13. The molecule has 0 radical (unpaired) electrons. The van der Waals surface area contributed by atoms with Gasteiger partial charge >= 0.3 is 0 Å². The Morgan fingerprint density at radius 2 is 1.78 bits per heavy atom. The molecule has 6 heteroatoms. The van der Waals surface area contributed by atoms with Gasteiger partial charge < -0.3 is 4.90 Å². The summed E-state index contributed by atoms with van der Waals surface area (Å²) in [5.74, 6) is -0.159. The molecule has 1 aromatic heterocycles. The smallest absolute Gasteiger partial charge is 0.273 e. The van der Waals surface area contributed by atoms with E-state index in [1.165, 1.54) is 0 Å². The number of carbonyl (C=O) groups is 1. The summed E-state index contributed by atoms with van der Waals surface area (Å²) in [6.45, 7) is 2.54. The number of carbonyl (C=O) groups excluding carboxylic acids is 1. The summed E-state index contributed by atoms with van der Waals surface area (Å²) in [6.07, 6.45) is 1.83. The van der Waals surface area contributed by atoms with Crippen molar-refractivity contribution in [3.05, 3.63) is 80.4 Å². The van der Waals surface area contributed by atoms with Crippen LogP contribution < -0.4 is 11.1 Å². The summed E-state index contributed by atoms with van der Waals surface area (Å²) >= 11 is 0. The standard InChI is InChI=1S/C21H21N3O3/c1-14-7-2-3-8-15(14)18-11-6-12-23(18)19(25)13-24-21(27)17-10-5-4-9-16(17)20(26)22-24/h2-5,7-10,18H,6,11-13H2,1H3,(H,22,26). The molecule has 1 aliphatic rings. The Kier molecular flexibility index (Phi) is 4.39. The van der Waals surface area contributed by atoms with Gasteiger partial charge in [-0.3, -0.25) is 19.5 Å². The molecule has 3 aromatic rings. The molecule has 1 unspecified atom stereocenters. The summed E-state index contributed by atoms with van der Waals surface area (Å²) in [6, 6.07) is 14.7. The predicted molar refractivity (Wildman–Crippen MR) is 104 cm³/mol. The van der Waals surface area contributed by atoms with Gasteiger partial charge in [0, 0.05) is 6.54 Å². The van der Waals surface area contributed by atoms with Crippen LogP contribution in [0.5, 0.6) is 0 Å². The zero-order valence-corrected chi connectivity index (χ0v) is 15.1. The minimum atomic E-state index is -0.366. The highest BCUT2D eigenvalue weighted by molar-refractivity contribution is 5.81. The van der Waals surface area contributed by atoms with Crippen molar-refractivity contribution in [2.24, 2.45) is 0 Å². The van der Waals surface area contributed by atoms with Crippen LogP contribution >= 0.6 is 0 Å². The number of rotatable bonds is 3. The van der Waals surface area contributed by atoms with Gasteiger partial charge in [-0.05, 0) is 43.0 Å². The van der Waals surface area contributed by atoms with Gasteiger partial charge in [0.2, 0.25) is 5.91 Å². The van der Waals surface area contributed by atoms with Gasteiger partial charge in [-0.1, -0.05) is 36.4 Å². The second kappa shape index (κ2) is 6.87. The molecule has 1 saturated heterocycles. The summed E-state index contributed by atoms with van der Waals surface area (Å²) in [5, 5.41) is 3.20. The van der Waals surface area contributed by atoms with Gasteiger partial charge in [-0.15, -0.1) is 0 Å². The van der Waals surface area contributed by atoms with Crippen molar-refractivity contribution in [1.82, 2.24) is 14.7 Å². The van der Waals surface area contributed by atoms with Crippen molar-refractivity contribution in [3.8, 4) is 0 Å². The average Bonchev–Trinajstić information content (AvgIpc) is 3.16. The van der Waals surface area contributed by atoms with Crippen LogP contribution in [0.2, 0.25) is 0 Å². The zero-order valence-electron chi connectivity index (χ0n) is 15.1. The molecule has 2 heterocycles. The number of hydrogen-bond acceptors (Lipinski definition) is 3. The Morgan fingerprint density at radius 3 is 2.56 bits per heavy atom. The number of hydrogen-bond donors (Lipinski definition) is 1. The van der Waals surface area contributed by atoms with Gasteiger partial charge in [0.15, 0.2) is 0 Å². The lowest BCUT2D eigenvalue weighted by molar-refractivity contribution is -0.133. The van der Waals surface area contributed by atoms with E-state index in [-0.39, 0.29) is 29.6 Å². The van der Waals surface area contributed by atoms with E-state index in [9.17, 15) is 14.4 Å². The molecule has 0 spiro atoms. The number of fused-ring (bicyclic) bond motifs is 1. The largest absolute Gasteiger partial charge is 0.334 e. The molecule has 0 aliphatic carbocycles. The first-order valence-electron chi connectivity index (χ1n) is 9.13. The van der Waals surface area contributed by atoms with Crippen molar-refractivity contribution in [1.29, 1.82) is 0 Å². The molecule has 27 heavy (non-hydrogen) atoms. The highest BCUT2D eigenvalue weighted by atomic mass is 16.2. The number of benzene rings is 2. The maximum atomic E-state index is 13.0. The van der Waals surface area contributed by atoms with E-state index in [4.69, 9.17) is 0 Å². The van der Waals surface area contributed by atoms with Crippen LogP contribution in [0.4, 0.5) is 0 Å². The molecule has 0 bridgehead atoms. The fraction of sp³-hybridized carbons (Fsp3) is 0.286. The van der Waals surface area contributed by atoms with E-state index in [0.29, 0.717) is 17.3 Å². The van der Waals surface area contributed by atoms with Gasteiger partial charge in [0.05, 0.1) is 16.8 Å². The van der Waals surface area contributed by atoms with E-state index in [1.54, 1.807) is 24.3 Å². The van der Waals surface area contributed by atoms with Crippen LogP contribution in [0.1, 0.15) is 30.0 Å². The SMILES string of the molecule is Cc1ccccc1C1CCCN1C(=O)Cn1[nH]c(=O)c2ccccc2c1=O. The molecule has 1 atom stereocenters. The third-order valence-corrected chi connectivity index (χ3v) is 5.30. The Labute approximate surface area is 156 Å². The molecular weight excluding hydrogens is 342 g/mol. The highest BCUT2D eigenvalue weighted by Gasteiger charge is 2.31. The molecule has 1 N–H and O–H groups in total. The van der Waals surface area contributed by atoms with E-state index in [2.05, 4.69) is 11.2 Å². The second-order valence-electron chi connectivity index (χ2n) is 6.98. The Bertz CT molecular complexity index is 1130. The maximum Gasteiger partial charge on any atom is 0.273 e.